The quantitative estimate of drug-likeness (QED) is 0.919. The van der Waals surface area contributed by atoms with E-state index in [1.807, 2.05) is 0 Å². The highest BCUT2D eigenvalue weighted by atomic mass is 19.4. The van der Waals surface area contributed by atoms with E-state index in [2.05, 4.69) is 15.2 Å². The van der Waals surface area contributed by atoms with Crippen LogP contribution in [0.2, 0.25) is 0 Å². The minimum atomic E-state index is -4.54. The number of nitrogens with zero attached hydrogens (tertiary/aromatic N) is 2. The summed E-state index contributed by atoms with van der Waals surface area (Å²) >= 11 is 0. The van der Waals surface area contributed by atoms with Crippen molar-refractivity contribution in [3.8, 4) is 0 Å². The molecule has 3 rings (SSSR count). The lowest BCUT2D eigenvalue weighted by atomic mass is 10.2. The van der Waals surface area contributed by atoms with Gasteiger partial charge in [-0.3, -0.25) is 4.90 Å². The number of rotatable bonds is 2. The number of piperazine rings is 1. The van der Waals surface area contributed by atoms with Crippen molar-refractivity contribution in [2.75, 3.05) is 26.2 Å². The fraction of sp³-hybridized carbons (Fsp3) is 0.462. The fourth-order valence-electron chi connectivity index (χ4n) is 2.32. The monoisotopic (exact) mass is 285 g/mol. The molecule has 0 aliphatic carbocycles. The molecule has 0 amide bonds. The van der Waals surface area contributed by atoms with E-state index in [9.17, 15) is 13.2 Å². The molecule has 0 radical (unpaired) electrons. The van der Waals surface area contributed by atoms with Crippen molar-refractivity contribution in [3.63, 3.8) is 0 Å². The third-order valence-electron chi connectivity index (χ3n) is 3.31. The van der Waals surface area contributed by atoms with Gasteiger partial charge in [-0.1, -0.05) is 6.07 Å². The number of aromatic nitrogens is 1. The summed E-state index contributed by atoms with van der Waals surface area (Å²) in [7, 11) is 0. The second-order valence-corrected chi connectivity index (χ2v) is 4.85. The van der Waals surface area contributed by atoms with Crippen LogP contribution in [0.1, 0.15) is 11.5 Å². The molecule has 108 valence electrons. The first kappa shape index (κ1) is 13.4. The largest absolute Gasteiger partial charge is 0.468 e. The Bertz CT molecular complexity index is 602. The van der Waals surface area contributed by atoms with Gasteiger partial charge in [-0.25, -0.2) is 4.98 Å². The first-order chi connectivity index (χ1) is 9.52. The van der Waals surface area contributed by atoms with E-state index in [1.165, 1.54) is 0 Å². The van der Waals surface area contributed by atoms with Gasteiger partial charge in [0, 0.05) is 32.7 Å². The van der Waals surface area contributed by atoms with Gasteiger partial charge < -0.3 is 9.73 Å². The van der Waals surface area contributed by atoms with E-state index < -0.39 is 12.1 Å². The molecule has 4 nitrogen and oxygen atoms in total. The van der Waals surface area contributed by atoms with Crippen molar-refractivity contribution in [3.05, 3.63) is 29.7 Å². The van der Waals surface area contributed by atoms with Crippen molar-refractivity contribution in [1.29, 1.82) is 0 Å². The minimum Gasteiger partial charge on any atom is -0.433 e. The van der Waals surface area contributed by atoms with Gasteiger partial charge in [0.1, 0.15) is 5.52 Å². The van der Waals surface area contributed by atoms with Gasteiger partial charge in [0.25, 0.3) is 0 Å². The number of alkyl halides is 3. The van der Waals surface area contributed by atoms with Crippen LogP contribution in [0.5, 0.6) is 0 Å². The Labute approximate surface area is 113 Å². The van der Waals surface area contributed by atoms with Crippen molar-refractivity contribution in [2.45, 2.75) is 12.7 Å². The van der Waals surface area contributed by atoms with Crippen LogP contribution in [0.3, 0.4) is 0 Å². The molecule has 0 atom stereocenters. The average Bonchev–Trinajstić information content (AvgIpc) is 2.83. The second kappa shape index (κ2) is 5.06. The van der Waals surface area contributed by atoms with Gasteiger partial charge in [-0.2, -0.15) is 13.2 Å². The molecule has 0 unspecified atom stereocenters. The molecule has 0 spiro atoms. The Morgan fingerprint density at radius 2 is 2.00 bits per heavy atom. The number of fused-ring (bicyclic) bond motifs is 1. The summed E-state index contributed by atoms with van der Waals surface area (Å²) in [4.78, 5) is 5.77. The van der Waals surface area contributed by atoms with Crippen LogP contribution in [0.25, 0.3) is 11.1 Å². The SMILES string of the molecule is FC(F)(F)c1nc2cc(CN3CCNCC3)ccc2o1. The molecule has 1 aliphatic rings. The van der Waals surface area contributed by atoms with Gasteiger partial charge in [0.05, 0.1) is 0 Å². The van der Waals surface area contributed by atoms with Crippen LogP contribution in [-0.2, 0) is 12.7 Å². The van der Waals surface area contributed by atoms with Gasteiger partial charge in [0.15, 0.2) is 5.58 Å². The number of halogens is 3. The van der Waals surface area contributed by atoms with Crippen LogP contribution in [-0.4, -0.2) is 36.1 Å². The van der Waals surface area contributed by atoms with E-state index in [0.29, 0.717) is 6.54 Å². The van der Waals surface area contributed by atoms with Gasteiger partial charge in [-0.05, 0) is 17.7 Å². The van der Waals surface area contributed by atoms with Crippen LogP contribution in [0.15, 0.2) is 22.6 Å². The Balaban J connectivity index is 1.82. The Morgan fingerprint density at radius 3 is 2.70 bits per heavy atom. The highest BCUT2D eigenvalue weighted by Crippen LogP contribution is 2.31. The lowest BCUT2D eigenvalue weighted by molar-refractivity contribution is -0.156. The number of hydrogen-bond acceptors (Lipinski definition) is 4. The number of nitrogens with one attached hydrogen (secondary N) is 1. The maximum atomic E-state index is 12.5. The summed E-state index contributed by atoms with van der Waals surface area (Å²) in [5.74, 6) is -1.19. The predicted octanol–water partition coefficient (Wildman–Crippen LogP) is 2.25. The van der Waals surface area contributed by atoms with E-state index in [-0.39, 0.29) is 11.1 Å². The third kappa shape index (κ3) is 2.78. The molecular weight excluding hydrogens is 271 g/mol. The molecule has 0 bridgehead atoms. The number of benzene rings is 1. The van der Waals surface area contributed by atoms with Gasteiger partial charge >= 0.3 is 12.1 Å². The first-order valence-electron chi connectivity index (χ1n) is 6.42. The zero-order valence-electron chi connectivity index (χ0n) is 10.7. The van der Waals surface area contributed by atoms with Crippen molar-refractivity contribution in [1.82, 2.24) is 15.2 Å². The molecule has 7 heteroatoms. The van der Waals surface area contributed by atoms with Crippen LogP contribution in [0, 0.1) is 0 Å². The van der Waals surface area contributed by atoms with Crippen molar-refractivity contribution >= 4 is 11.1 Å². The molecule has 2 aromatic rings. The summed E-state index contributed by atoms with van der Waals surface area (Å²) in [6.45, 7) is 4.45. The minimum absolute atomic E-state index is 0.168. The number of oxazole rings is 1. The van der Waals surface area contributed by atoms with Gasteiger partial charge in [0.2, 0.25) is 0 Å². The fourth-order valence-corrected chi connectivity index (χ4v) is 2.32. The van der Waals surface area contributed by atoms with E-state index in [1.54, 1.807) is 18.2 Å². The molecule has 1 aromatic heterocycles. The third-order valence-corrected chi connectivity index (χ3v) is 3.31. The van der Waals surface area contributed by atoms with E-state index >= 15 is 0 Å². The highest BCUT2D eigenvalue weighted by molar-refractivity contribution is 5.73. The molecule has 0 saturated carbocycles. The Hall–Kier alpha value is -1.60. The zero-order chi connectivity index (χ0) is 14.2. The second-order valence-electron chi connectivity index (χ2n) is 4.85. The zero-order valence-corrected chi connectivity index (χ0v) is 10.7. The molecule has 1 N–H and O–H groups in total. The van der Waals surface area contributed by atoms with Crippen LogP contribution in [0.4, 0.5) is 13.2 Å². The molecule has 1 aliphatic heterocycles. The molecule has 1 aromatic carbocycles. The summed E-state index contributed by atoms with van der Waals surface area (Å²) in [5, 5.41) is 3.26. The standard InChI is InChI=1S/C13H14F3N3O/c14-13(15,16)12-18-10-7-9(1-2-11(10)20-12)8-19-5-3-17-4-6-19/h1-2,7,17H,3-6,8H2. The van der Waals surface area contributed by atoms with Crippen LogP contribution < -0.4 is 5.32 Å². The summed E-state index contributed by atoms with van der Waals surface area (Å²) in [6.07, 6.45) is -4.54. The lowest BCUT2D eigenvalue weighted by Gasteiger charge is -2.27. The molecular formula is C13H14F3N3O. The first-order valence-corrected chi connectivity index (χ1v) is 6.42. The lowest BCUT2D eigenvalue weighted by Crippen LogP contribution is -2.42. The van der Waals surface area contributed by atoms with Crippen molar-refractivity contribution in [2.24, 2.45) is 0 Å². The number of hydrogen-bond donors (Lipinski definition) is 1. The van der Waals surface area contributed by atoms with Crippen molar-refractivity contribution < 1.29 is 17.6 Å². The molecule has 20 heavy (non-hydrogen) atoms. The van der Waals surface area contributed by atoms with E-state index in [0.717, 1.165) is 31.7 Å². The Kier molecular flexibility index (Phi) is 3.39. The van der Waals surface area contributed by atoms with Crippen LogP contribution >= 0.6 is 0 Å². The van der Waals surface area contributed by atoms with Gasteiger partial charge in [-0.15, -0.1) is 0 Å². The normalized spacial score (nSPS) is 17.8. The Morgan fingerprint density at radius 1 is 1.25 bits per heavy atom. The maximum absolute atomic E-state index is 12.5. The summed E-state index contributed by atoms with van der Waals surface area (Å²) < 4.78 is 42.3. The molecule has 1 fully saturated rings. The summed E-state index contributed by atoms with van der Waals surface area (Å²) in [6, 6.07) is 5.00. The maximum Gasteiger partial charge on any atom is 0.468 e. The average molecular weight is 285 g/mol. The smallest absolute Gasteiger partial charge is 0.433 e. The topological polar surface area (TPSA) is 41.3 Å². The summed E-state index contributed by atoms with van der Waals surface area (Å²) in [5.41, 5.74) is 1.37. The molecule has 2 heterocycles. The predicted molar refractivity (Wildman–Crippen MR) is 67.2 cm³/mol. The highest BCUT2D eigenvalue weighted by Gasteiger charge is 2.37. The molecule has 1 saturated heterocycles. The van der Waals surface area contributed by atoms with E-state index in [4.69, 9.17) is 4.42 Å².